The monoisotopic (exact) mass is 379 g/mol. The van der Waals surface area contributed by atoms with Gasteiger partial charge in [0, 0.05) is 11.6 Å². The van der Waals surface area contributed by atoms with Gasteiger partial charge in [0.2, 0.25) is 0 Å². The summed E-state index contributed by atoms with van der Waals surface area (Å²) in [6, 6.07) is 4.72. The molecule has 9 heteroatoms. The number of rotatable bonds is 3. The van der Waals surface area contributed by atoms with Crippen molar-refractivity contribution in [1.29, 1.82) is 0 Å². The van der Waals surface area contributed by atoms with Crippen LogP contribution in [0.15, 0.2) is 24.5 Å². The van der Waals surface area contributed by atoms with Gasteiger partial charge in [0.25, 0.3) is 0 Å². The zero-order chi connectivity index (χ0) is 17.4. The van der Waals surface area contributed by atoms with Crippen LogP contribution >= 0.6 is 23.2 Å². The van der Waals surface area contributed by atoms with Crippen molar-refractivity contribution in [1.82, 2.24) is 19.5 Å². The predicted molar refractivity (Wildman–Crippen MR) is 95.6 cm³/mol. The minimum absolute atomic E-state index is 0.139. The fourth-order valence-electron chi connectivity index (χ4n) is 2.86. The Morgan fingerprint density at radius 3 is 2.88 bits per heavy atom. The van der Waals surface area contributed by atoms with Crippen molar-refractivity contribution < 1.29 is 9.84 Å². The maximum absolute atomic E-state index is 9.95. The molecule has 2 aromatic heterocycles. The van der Waals surface area contributed by atoms with Crippen LogP contribution in [-0.4, -0.2) is 31.2 Å². The van der Waals surface area contributed by atoms with Crippen molar-refractivity contribution in [2.45, 2.75) is 25.5 Å². The van der Waals surface area contributed by atoms with Gasteiger partial charge in [-0.2, -0.15) is 9.97 Å². The molecule has 0 saturated carbocycles. The van der Waals surface area contributed by atoms with Crippen LogP contribution < -0.4 is 5.32 Å². The number of hydrogen-bond donors (Lipinski definition) is 2. The highest BCUT2D eigenvalue weighted by atomic mass is 35.5. The molecule has 1 atom stereocenters. The first-order chi connectivity index (χ1) is 12.1. The van der Waals surface area contributed by atoms with Gasteiger partial charge in [0.1, 0.15) is 6.23 Å². The molecule has 1 aromatic carbocycles. The SMILES string of the molecule is Oc1nc(Nc2ccc(Cl)cc2Cl)c2ncn(C3CCCCO3)c2n1. The van der Waals surface area contributed by atoms with E-state index in [9.17, 15) is 5.11 Å². The quantitative estimate of drug-likeness (QED) is 0.706. The highest BCUT2D eigenvalue weighted by molar-refractivity contribution is 6.36. The van der Waals surface area contributed by atoms with E-state index < -0.39 is 0 Å². The summed E-state index contributed by atoms with van der Waals surface area (Å²) in [5.41, 5.74) is 1.64. The maximum Gasteiger partial charge on any atom is 0.318 e. The van der Waals surface area contributed by atoms with Crippen LogP contribution in [0.1, 0.15) is 25.5 Å². The fourth-order valence-corrected chi connectivity index (χ4v) is 3.32. The lowest BCUT2D eigenvalue weighted by Crippen LogP contribution is -2.17. The van der Waals surface area contributed by atoms with Gasteiger partial charge in [0.15, 0.2) is 17.0 Å². The highest BCUT2D eigenvalue weighted by Gasteiger charge is 2.21. The van der Waals surface area contributed by atoms with Gasteiger partial charge in [-0.1, -0.05) is 23.2 Å². The fraction of sp³-hybridized carbons (Fsp3) is 0.312. The number of nitrogens with one attached hydrogen (secondary N) is 1. The molecule has 1 fully saturated rings. The van der Waals surface area contributed by atoms with E-state index in [1.165, 1.54) is 0 Å². The minimum atomic E-state index is -0.349. The van der Waals surface area contributed by atoms with E-state index in [1.54, 1.807) is 24.5 Å². The van der Waals surface area contributed by atoms with E-state index >= 15 is 0 Å². The van der Waals surface area contributed by atoms with E-state index in [2.05, 4.69) is 20.3 Å². The zero-order valence-corrected chi connectivity index (χ0v) is 14.6. The highest BCUT2D eigenvalue weighted by Crippen LogP contribution is 2.32. The third-order valence-electron chi connectivity index (χ3n) is 4.06. The van der Waals surface area contributed by atoms with Crippen LogP contribution in [0.4, 0.5) is 11.5 Å². The Balaban J connectivity index is 1.75. The Bertz CT molecular complexity index is 924. The van der Waals surface area contributed by atoms with Gasteiger partial charge in [0.05, 0.1) is 17.0 Å². The van der Waals surface area contributed by atoms with Crippen LogP contribution in [-0.2, 0) is 4.74 Å². The first-order valence-corrected chi connectivity index (χ1v) is 8.64. The number of aromatic nitrogens is 4. The summed E-state index contributed by atoms with van der Waals surface area (Å²) in [5, 5.41) is 14.0. The van der Waals surface area contributed by atoms with E-state index in [1.807, 2.05) is 4.57 Å². The van der Waals surface area contributed by atoms with Gasteiger partial charge in [-0.3, -0.25) is 4.57 Å². The average Bonchev–Trinajstić information content (AvgIpc) is 3.02. The normalized spacial score (nSPS) is 17.8. The number of aromatic hydroxyl groups is 1. The second-order valence-electron chi connectivity index (χ2n) is 5.77. The second-order valence-corrected chi connectivity index (χ2v) is 6.61. The molecule has 0 bridgehead atoms. The number of benzene rings is 1. The molecule has 1 aliphatic rings. The molecule has 3 aromatic rings. The van der Waals surface area contributed by atoms with Gasteiger partial charge >= 0.3 is 6.01 Å². The number of ether oxygens (including phenoxy) is 1. The molecule has 0 radical (unpaired) electrons. The second kappa shape index (κ2) is 6.67. The third kappa shape index (κ3) is 3.22. The van der Waals surface area contributed by atoms with Gasteiger partial charge in [-0.05, 0) is 37.5 Å². The summed E-state index contributed by atoms with van der Waals surface area (Å²) < 4.78 is 7.61. The molecule has 0 aliphatic carbocycles. The maximum atomic E-state index is 9.95. The number of hydrogen-bond acceptors (Lipinski definition) is 6. The van der Waals surface area contributed by atoms with E-state index in [0.717, 1.165) is 19.3 Å². The Morgan fingerprint density at radius 2 is 2.12 bits per heavy atom. The van der Waals surface area contributed by atoms with Crippen LogP contribution in [0.2, 0.25) is 10.0 Å². The van der Waals surface area contributed by atoms with Crippen LogP contribution in [0.25, 0.3) is 11.2 Å². The number of fused-ring (bicyclic) bond motifs is 1. The smallest absolute Gasteiger partial charge is 0.318 e. The number of halogens is 2. The van der Waals surface area contributed by atoms with Crippen LogP contribution in [0, 0.1) is 0 Å². The van der Waals surface area contributed by atoms with Crippen LogP contribution in [0.5, 0.6) is 6.01 Å². The molecular formula is C16H15Cl2N5O2. The molecular weight excluding hydrogens is 365 g/mol. The zero-order valence-electron chi connectivity index (χ0n) is 13.1. The van der Waals surface area contributed by atoms with Crippen molar-refractivity contribution in [3.8, 4) is 6.01 Å². The summed E-state index contributed by atoms with van der Waals surface area (Å²) in [4.78, 5) is 12.6. The van der Waals surface area contributed by atoms with Crippen LogP contribution in [0.3, 0.4) is 0 Å². The van der Waals surface area contributed by atoms with E-state index in [0.29, 0.717) is 39.3 Å². The van der Waals surface area contributed by atoms with Gasteiger partial charge in [-0.25, -0.2) is 4.98 Å². The van der Waals surface area contributed by atoms with Crippen molar-refractivity contribution >= 4 is 45.9 Å². The van der Waals surface area contributed by atoms with Crippen molar-refractivity contribution in [2.75, 3.05) is 11.9 Å². The molecule has 130 valence electrons. The lowest BCUT2D eigenvalue weighted by molar-refractivity contribution is -0.0298. The summed E-state index contributed by atoms with van der Waals surface area (Å²) in [7, 11) is 0. The molecule has 0 spiro atoms. The first kappa shape index (κ1) is 16.4. The van der Waals surface area contributed by atoms with Gasteiger partial charge in [-0.15, -0.1) is 0 Å². The topological polar surface area (TPSA) is 85.1 Å². The van der Waals surface area contributed by atoms with Gasteiger partial charge < -0.3 is 15.2 Å². The van der Waals surface area contributed by atoms with E-state index in [-0.39, 0.29) is 12.2 Å². The minimum Gasteiger partial charge on any atom is -0.479 e. The lowest BCUT2D eigenvalue weighted by Gasteiger charge is -2.23. The molecule has 25 heavy (non-hydrogen) atoms. The molecule has 3 heterocycles. The van der Waals surface area contributed by atoms with Crippen molar-refractivity contribution in [3.63, 3.8) is 0 Å². The van der Waals surface area contributed by atoms with E-state index in [4.69, 9.17) is 27.9 Å². The molecule has 1 unspecified atom stereocenters. The Morgan fingerprint density at radius 1 is 1.24 bits per heavy atom. The summed E-state index contributed by atoms with van der Waals surface area (Å²) >= 11 is 12.1. The standard InChI is InChI=1S/C16H15Cl2N5O2/c17-9-4-5-11(10(18)7-9)20-14-13-15(22-16(24)21-14)23(8-19-13)12-3-1-2-6-25-12/h4-5,7-8,12H,1-3,6H2,(H2,20,21,22,24). The molecule has 1 aliphatic heterocycles. The molecule has 7 nitrogen and oxygen atoms in total. The predicted octanol–water partition coefficient (Wildman–Crippen LogP) is 4.28. The average molecular weight is 380 g/mol. The summed E-state index contributed by atoms with van der Waals surface area (Å²) in [6.45, 7) is 0.701. The third-order valence-corrected chi connectivity index (χ3v) is 4.61. The number of nitrogens with zero attached hydrogens (tertiary/aromatic N) is 4. The molecule has 2 N–H and O–H groups in total. The number of anilines is 2. The largest absolute Gasteiger partial charge is 0.479 e. The summed E-state index contributed by atoms with van der Waals surface area (Å²) in [5.74, 6) is 0.362. The Kier molecular flexibility index (Phi) is 4.37. The number of imidazole rings is 1. The Labute approximate surface area is 153 Å². The molecule has 1 saturated heterocycles. The van der Waals surface area contributed by atoms with Crippen molar-refractivity contribution in [2.24, 2.45) is 0 Å². The summed E-state index contributed by atoms with van der Waals surface area (Å²) in [6.07, 6.45) is 4.52. The lowest BCUT2D eigenvalue weighted by atomic mass is 10.2. The van der Waals surface area contributed by atoms with Crippen molar-refractivity contribution in [3.05, 3.63) is 34.6 Å². The molecule has 0 amide bonds. The first-order valence-electron chi connectivity index (χ1n) is 7.89. The Hall–Kier alpha value is -2.09. The molecule has 4 rings (SSSR count).